The molecule has 0 fully saturated rings. The van der Waals surface area contributed by atoms with Crippen LogP contribution in [0, 0.1) is 0 Å². The number of rotatable bonds is 3. The maximum absolute atomic E-state index is 5.29. The highest BCUT2D eigenvalue weighted by Crippen LogP contribution is 2.32. The lowest BCUT2D eigenvalue weighted by atomic mass is 10.1. The smallest absolute Gasteiger partial charge is 0.323 e. The minimum atomic E-state index is 0. The van der Waals surface area contributed by atoms with Gasteiger partial charge in [0.2, 0.25) is 0 Å². The average molecular weight is 483 g/mol. The monoisotopic (exact) mass is 481 g/mol. The highest BCUT2D eigenvalue weighted by atomic mass is 79.9. The van der Waals surface area contributed by atoms with E-state index in [0.717, 1.165) is 16.8 Å². The van der Waals surface area contributed by atoms with E-state index in [1.807, 2.05) is 23.9 Å². The quantitative estimate of drug-likeness (QED) is 0.473. The molecule has 0 radical (unpaired) electrons. The van der Waals surface area contributed by atoms with Gasteiger partial charge in [0.1, 0.15) is 17.6 Å². The second-order valence-corrected chi connectivity index (χ2v) is 7.71. The first-order chi connectivity index (χ1) is 11.8. The molecule has 1 aromatic heterocycles. The number of hydrogen-bond acceptors (Lipinski definition) is 2. The number of benzene rings is 2. The van der Waals surface area contributed by atoms with E-state index in [4.69, 9.17) is 4.74 Å². The van der Waals surface area contributed by atoms with Gasteiger partial charge in [-0.05, 0) is 66.7 Å². The van der Waals surface area contributed by atoms with Crippen molar-refractivity contribution in [2.75, 3.05) is 12.9 Å². The molecule has 1 aliphatic heterocycles. The van der Waals surface area contributed by atoms with Crippen molar-refractivity contribution >= 4 is 44.7 Å². The molecule has 2 aromatic carbocycles. The number of hydrogen-bond donors (Lipinski definition) is 0. The van der Waals surface area contributed by atoms with Crippen LogP contribution in [0.4, 0.5) is 0 Å². The lowest BCUT2D eigenvalue weighted by Gasteiger charge is -2.09. The van der Waals surface area contributed by atoms with E-state index in [0.29, 0.717) is 0 Å². The van der Waals surface area contributed by atoms with E-state index in [-0.39, 0.29) is 17.0 Å². The topological polar surface area (TPSA) is 18.0 Å². The van der Waals surface area contributed by atoms with Gasteiger partial charge in [-0.15, -0.1) is 17.0 Å². The zero-order valence-electron chi connectivity index (χ0n) is 13.8. The van der Waals surface area contributed by atoms with Gasteiger partial charge < -0.3 is 4.74 Å². The summed E-state index contributed by atoms with van der Waals surface area (Å²) in [6.07, 6.45) is 3.49. The first kappa shape index (κ1) is 18.5. The summed E-state index contributed by atoms with van der Waals surface area (Å²) in [5.41, 5.74) is 3.60. The molecule has 0 aliphatic carbocycles. The zero-order chi connectivity index (χ0) is 16.5. The van der Waals surface area contributed by atoms with Crippen molar-refractivity contribution in [3.63, 3.8) is 0 Å². The largest absolute Gasteiger partial charge is 0.497 e. The van der Waals surface area contributed by atoms with Crippen LogP contribution in [0.15, 0.2) is 64.4 Å². The molecule has 0 atom stereocenters. The zero-order valence-corrected chi connectivity index (χ0v) is 17.9. The Hall–Kier alpha value is -1.24. The number of thioether (sulfide) groups is 1. The van der Waals surface area contributed by atoms with Crippen molar-refractivity contribution < 1.29 is 9.30 Å². The summed E-state index contributed by atoms with van der Waals surface area (Å²) in [4.78, 5) is 0. The van der Waals surface area contributed by atoms with E-state index in [1.165, 1.54) is 34.3 Å². The van der Waals surface area contributed by atoms with Crippen molar-refractivity contribution in [3.8, 4) is 22.7 Å². The van der Waals surface area contributed by atoms with E-state index in [9.17, 15) is 0 Å². The van der Waals surface area contributed by atoms with Crippen molar-refractivity contribution in [1.82, 2.24) is 4.57 Å². The fraction of sp³-hybridized carbons (Fsp3) is 0.211. The fourth-order valence-electron chi connectivity index (χ4n) is 3.00. The maximum atomic E-state index is 5.29. The Kier molecular flexibility index (Phi) is 5.92. The molecular formula is C19H19Br2N2OS+. The second kappa shape index (κ2) is 7.98. The van der Waals surface area contributed by atoms with Gasteiger partial charge >= 0.3 is 5.16 Å². The number of aromatic nitrogens is 2. The number of ether oxygens (including phenoxy) is 1. The van der Waals surface area contributed by atoms with Gasteiger partial charge in [-0.2, -0.15) is 4.57 Å². The van der Waals surface area contributed by atoms with Crippen LogP contribution in [-0.4, -0.2) is 17.4 Å². The van der Waals surface area contributed by atoms with Gasteiger partial charge in [-0.1, -0.05) is 15.9 Å². The van der Waals surface area contributed by atoms with Crippen LogP contribution in [0.2, 0.25) is 0 Å². The number of fused-ring (bicyclic) bond motifs is 1. The molecule has 130 valence electrons. The summed E-state index contributed by atoms with van der Waals surface area (Å²) < 4.78 is 11.1. The van der Waals surface area contributed by atoms with E-state index >= 15 is 0 Å². The SMILES string of the molecule is Br.COc1ccc(-c2c[n+]3c(n2-c2ccc(Br)cc2)SCCC3)cc1. The van der Waals surface area contributed by atoms with Crippen LogP contribution in [-0.2, 0) is 6.54 Å². The minimum Gasteiger partial charge on any atom is -0.497 e. The van der Waals surface area contributed by atoms with Gasteiger partial charge in [0.25, 0.3) is 0 Å². The van der Waals surface area contributed by atoms with Crippen LogP contribution in [0.25, 0.3) is 16.9 Å². The third-order valence-corrected chi connectivity index (χ3v) is 5.90. The molecule has 1 aliphatic rings. The van der Waals surface area contributed by atoms with Crippen LogP contribution < -0.4 is 9.30 Å². The minimum absolute atomic E-state index is 0. The lowest BCUT2D eigenvalue weighted by Crippen LogP contribution is -2.37. The summed E-state index contributed by atoms with van der Waals surface area (Å²) in [5, 5.41) is 1.30. The van der Waals surface area contributed by atoms with Gasteiger partial charge in [0, 0.05) is 15.8 Å². The standard InChI is InChI=1S/C19H18BrN2OS.BrH/c1-23-17-9-3-14(4-10-17)18-13-21-11-2-12-24-19(21)22(18)16-7-5-15(20)6-8-16;/h3-10,13H,2,11-12H2,1H3;1H/q+1;. The molecule has 0 amide bonds. The third kappa shape index (κ3) is 3.66. The molecule has 0 spiro atoms. The number of halogens is 2. The molecule has 3 nitrogen and oxygen atoms in total. The van der Waals surface area contributed by atoms with Crippen molar-refractivity contribution in [2.45, 2.75) is 18.1 Å². The molecule has 0 unspecified atom stereocenters. The molecule has 0 saturated carbocycles. The van der Waals surface area contributed by atoms with Gasteiger partial charge in [0.05, 0.1) is 13.7 Å². The molecule has 0 saturated heterocycles. The summed E-state index contributed by atoms with van der Waals surface area (Å²) in [7, 11) is 1.70. The van der Waals surface area contributed by atoms with Crippen molar-refractivity contribution in [3.05, 3.63) is 59.2 Å². The Morgan fingerprint density at radius 1 is 1.08 bits per heavy atom. The van der Waals surface area contributed by atoms with E-state index in [1.54, 1.807) is 7.11 Å². The Morgan fingerprint density at radius 2 is 1.80 bits per heavy atom. The van der Waals surface area contributed by atoms with Crippen LogP contribution in [0.3, 0.4) is 0 Å². The molecule has 0 N–H and O–H groups in total. The highest BCUT2D eigenvalue weighted by Gasteiger charge is 2.28. The van der Waals surface area contributed by atoms with E-state index < -0.39 is 0 Å². The molecule has 4 rings (SSSR count). The number of nitrogens with zero attached hydrogens (tertiary/aromatic N) is 2. The maximum Gasteiger partial charge on any atom is 0.323 e. The Balaban J connectivity index is 0.00000182. The average Bonchev–Trinajstić information content (AvgIpc) is 3.02. The Morgan fingerprint density at radius 3 is 2.48 bits per heavy atom. The number of methoxy groups -OCH3 is 1. The third-order valence-electron chi connectivity index (χ3n) is 4.20. The van der Waals surface area contributed by atoms with Crippen molar-refractivity contribution in [1.29, 1.82) is 0 Å². The molecule has 6 heteroatoms. The van der Waals surface area contributed by atoms with Crippen LogP contribution in [0.5, 0.6) is 5.75 Å². The first-order valence-electron chi connectivity index (χ1n) is 7.94. The fourth-order valence-corrected chi connectivity index (χ4v) is 4.37. The number of imidazole rings is 1. The molecule has 3 aromatic rings. The van der Waals surface area contributed by atoms with Crippen LogP contribution in [0.1, 0.15) is 6.42 Å². The van der Waals surface area contributed by atoms with Gasteiger partial charge in [-0.25, -0.2) is 4.57 Å². The van der Waals surface area contributed by atoms with Gasteiger partial charge in [0.15, 0.2) is 5.69 Å². The summed E-state index contributed by atoms with van der Waals surface area (Å²) in [5.74, 6) is 2.05. The normalized spacial score (nSPS) is 13.0. The summed E-state index contributed by atoms with van der Waals surface area (Å²) in [6.45, 7) is 1.08. The lowest BCUT2D eigenvalue weighted by molar-refractivity contribution is -0.734. The highest BCUT2D eigenvalue weighted by molar-refractivity contribution is 9.10. The first-order valence-corrected chi connectivity index (χ1v) is 9.72. The predicted octanol–water partition coefficient (Wildman–Crippen LogP) is 5.28. The van der Waals surface area contributed by atoms with E-state index in [2.05, 4.69) is 67.7 Å². The predicted molar refractivity (Wildman–Crippen MR) is 111 cm³/mol. The van der Waals surface area contributed by atoms with Crippen molar-refractivity contribution in [2.24, 2.45) is 0 Å². The molecule has 0 bridgehead atoms. The molecule has 25 heavy (non-hydrogen) atoms. The molecule has 2 heterocycles. The Labute approximate surface area is 170 Å². The summed E-state index contributed by atoms with van der Waals surface area (Å²) >= 11 is 5.46. The summed E-state index contributed by atoms with van der Waals surface area (Å²) in [6, 6.07) is 16.8. The molecular weight excluding hydrogens is 464 g/mol. The van der Waals surface area contributed by atoms with Gasteiger partial charge in [-0.3, -0.25) is 0 Å². The Bertz CT molecular complexity index is 860. The van der Waals surface area contributed by atoms with Crippen LogP contribution >= 0.6 is 44.7 Å². The number of aryl methyl sites for hydroxylation is 1. The second-order valence-electron chi connectivity index (χ2n) is 5.73.